The van der Waals surface area contributed by atoms with E-state index in [4.69, 9.17) is 4.74 Å². The summed E-state index contributed by atoms with van der Waals surface area (Å²) in [5, 5.41) is 10.1. The number of carbonyl (C=O) groups is 1. The molecule has 1 aromatic heterocycles. The van der Waals surface area contributed by atoms with Crippen molar-refractivity contribution in [2.24, 2.45) is 0 Å². The van der Waals surface area contributed by atoms with E-state index < -0.39 is 5.97 Å². The van der Waals surface area contributed by atoms with E-state index in [-0.39, 0.29) is 0 Å². The lowest BCUT2D eigenvalue weighted by Crippen LogP contribution is -1.96. The van der Waals surface area contributed by atoms with Crippen LogP contribution in [0.2, 0.25) is 0 Å². The van der Waals surface area contributed by atoms with Gasteiger partial charge in [-0.2, -0.15) is 0 Å². The fourth-order valence-electron chi connectivity index (χ4n) is 1.88. The Morgan fingerprint density at radius 1 is 1.47 bits per heavy atom. The molecule has 2 aromatic rings. The minimum absolute atomic E-state index is 0.293. The third kappa shape index (κ3) is 2.61. The van der Waals surface area contributed by atoms with Gasteiger partial charge in [0.1, 0.15) is 10.6 Å². The molecule has 1 heterocycles. The van der Waals surface area contributed by atoms with E-state index in [0.717, 1.165) is 28.3 Å². The monoisotopic (exact) mass is 277 g/mol. The van der Waals surface area contributed by atoms with Crippen LogP contribution in [-0.2, 0) is 6.42 Å². The summed E-state index contributed by atoms with van der Waals surface area (Å²) in [6.45, 7) is 3.89. The number of hydrogen-bond donors (Lipinski definition) is 1. The Kier molecular flexibility index (Phi) is 3.85. The molecule has 0 saturated heterocycles. The van der Waals surface area contributed by atoms with Gasteiger partial charge in [-0.15, -0.1) is 11.3 Å². The Morgan fingerprint density at radius 3 is 2.74 bits per heavy atom. The van der Waals surface area contributed by atoms with Gasteiger partial charge in [-0.25, -0.2) is 9.78 Å². The maximum absolute atomic E-state index is 11.3. The molecule has 5 heteroatoms. The van der Waals surface area contributed by atoms with Gasteiger partial charge < -0.3 is 9.84 Å². The van der Waals surface area contributed by atoms with Crippen LogP contribution in [0.1, 0.15) is 27.2 Å². The molecule has 0 aliphatic rings. The lowest BCUT2D eigenvalue weighted by atomic mass is 10.1. The summed E-state index contributed by atoms with van der Waals surface area (Å²) in [6.07, 6.45) is 0.736. The standard InChI is InChI=1S/C14H15NO3S/c1-4-11-15-12(13(19-11)14(16)17)9-5-6-10(18-3)8(2)7-9/h5-7H,4H2,1-3H3,(H,16,17). The minimum Gasteiger partial charge on any atom is -0.496 e. The van der Waals surface area contributed by atoms with Crippen LogP contribution in [-0.4, -0.2) is 23.2 Å². The molecule has 2 rings (SSSR count). The van der Waals surface area contributed by atoms with Crippen molar-refractivity contribution in [1.29, 1.82) is 0 Å². The molecule has 19 heavy (non-hydrogen) atoms. The van der Waals surface area contributed by atoms with Crippen LogP contribution in [0.5, 0.6) is 5.75 Å². The summed E-state index contributed by atoms with van der Waals surface area (Å²) in [4.78, 5) is 16.0. The summed E-state index contributed by atoms with van der Waals surface area (Å²) in [6, 6.07) is 5.58. The van der Waals surface area contributed by atoms with Gasteiger partial charge in [0.15, 0.2) is 0 Å². The van der Waals surface area contributed by atoms with Gasteiger partial charge >= 0.3 is 5.97 Å². The van der Waals surface area contributed by atoms with E-state index in [1.165, 1.54) is 11.3 Å². The topological polar surface area (TPSA) is 59.4 Å². The molecule has 100 valence electrons. The molecule has 0 spiro atoms. The summed E-state index contributed by atoms with van der Waals surface area (Å²) in [5.41, 5.74) is 2.31. The maximum Gasteiger partial charge on any atom is 0.348 e. The number of aryl methyl sites for hydroxylation is 2. The number of thiazole rings is 1. The molecule has 0 amide bonds. The van der Waals surface area contributed by atoms with Crippen LogP contribution in [0, 0.1) is 6.92 Å². The van der Waals surface area contributed by atoms with Gasteiger partial charge in [0.05, 0.1) is 17.8 Å². The van der Waals surface area contributed by atoms with Gasteiger partial charge in [-0.05, 0) is 37.1 Å². The first-order chi connectivity index (χ1) is 9.06. The van der Waals surface area contributed by atoms with Crippen LogP contribution in [0.3, 0.4) is 0 Å². The van der Waals surface area contributed by atoms with Crippen molar-refractivity contribution >= 4 is 17.3 Å². The first-order valence-electron chi connectivity index (χ1n) is 5.94. The number of rotatable bonds is 4. The Morgan fingerprint density at radius 2 is 2.21 bits per heavy atom. The molecule has 4 nitrogen and oxygen atoms in total. The predicted molar refractivity (Wildman–Crippen MR) is 75.2 cm³/mol. The van der Waals surface area contributed by atoms with E-state index in [0.29, 0.717) is 10.6 Å². The molecule has 0 radical (unpaired) electrons. The van der Waals surface area contributed by atoms with E-state index in [1.807, 2.05) is 32.0 Å². The highest BCUT2D eigenvalue weighted by Gasteiger charge is 2.18. The quantitative estimate of drug-likeness (QED) is 0.930. The molecular weight excluding hydrogens is 262 g/mol. The smallest absolute Gasteiger partial charge is 0.348 e. The highest BCUT2D eigenvalue weighted by molar-refractivity contribution is 7.14. The highest BCUT2D eigenvalue weighted by Crippen LogP contribution is 2.31. The van der Waals surface area contributed by atoms with Crippen molar-refractivity contribution in [2.75, 3.05) is 7.11 Å². The normalized spacial score (nSPS) is 10.5. The Bertz CT molecular complexity index is 619. The predicted octanol–water partition coefficient (Wildman–Crippen LogP) is 3.39. The third-order valence-corrected chi connectivity index (χ3v) is 4.02. The average Bonchev–Trinajstić information content (AvgIpc) is 2.83. The van der Waals surface area contributed by atoms with Gasteiger partial charge in [0, 0.05) is 5.56 Å². The number of methoxy groups -OCH3 is 1. The Balaban J connectivity index is 2.54. The summed E-state index contributed by atoms with van der Waals surface area (Å²) >= 11 is 1.24. The second-order valence-electron chi connectivity index (χ2n) is 4.13. The third-order valence-electron chi connectivity index (χ3n) is 2.84. The second-order valence-corrected chi connectivity index (χ2v) is 5.21. The minimum atomic E-state index is -0.930. The van der Waals surface area contributed by atoms with Crippen LogP contribution in [0.25, 0.3) is 11.3 Å². The number of aromatic nitrogens is 1. The van der Waals surface area contributed by atoms with Crippen LogP contribution < -0.4 is 4.74 Å². The molecule has 0 fully saturated rings. The summed E-state index contributed by atoms with van der Waals surface area (Å²) in [7, 11) is 1.61. The first kappa shape index (κ1) is 13.5. The fourth-order valence-corrected chi connectivity index (χ4v) is 2.75. The molecule has 0 atom stereocenters. The maximum atomic E-state index is 11.3. The van der Waals surface area contributed by atoms with Crippen molar-refractivity contribution in [3.05, 3.63) is 33.6 Å². The number of carboxylic acid groups (broad SMARTS) is 1. The van der Waals surface area contributed by atoms with Crippen molar-refractivity contribution in [1.82, 2.24) is 4.98 Å². The van der Waals surface area contributed by atoms with E-state index in [2.05, 4.69) is 4.98 Å². The van der Waals surface area contributed by atoms with Crippen molar-refractivity contribution in [3.8, 4) is 17.0 Å². The Hall–Kier alpha value is -1.88. The van der Waals surface area contributed by atoms with Gasteiger partial charge in [0.2, 0.25) is 0 Å². The number of aromatic carboxylic acids is 1. The van der Waals surface area contributed by atoms with Gasteiger partial charge in [-0.1, -0.05) is 6.92 Å². The van der Waals surface area contributed by atoms with E-state index >= 15 is 0 Å². The highest BCUT2D eigenvalue weighted by atomic mass is 32.1. The number of carboxylic acids is 1. The first-order valence-corrected chi connectivity index (χ1v) is 6.76. The molecular formula is C14H15NO3S. The van der Waals surface area contributed by atoms with Crippen molar-refractivity contribution < 1.29 is 14.6 Å². The average molecular weight is 277 g/mol. The second kappa shape index (κ2) is 5.40. The number of hydrogen-bond acceptors (Lipinski definition) is 4. The molecule has 1 aromatic carbocycles. The molecule has 0 aliphatic carbocycles. The lowest BCUT2D eigenvalue weighted by molar-refractivity contribution is 0.0702. The van der Waals surface area contributed by atoms with Crippen molar-refractivity contribution in [3.63, 3.8) is 0 Å². The number of nitrogens with zero attached hydrogens (tertiary/aromatic N) is 1. The van der Waals surface area contributed by atoms with Crippen LogP contribution >= 0.6 is 11.3 Å². The van der Waals surface area contributed by atoms with Gasteiger partial charge in [0.25, 0.3) is 0 Å². The molecule has 0 aliphatic heterocycles. The van der Waals surface area contributed by atoms with Crippen LogP contribution in [0.15, 0.2) is 18.2 Å². The van der Waals surface area contributed by atoms with Crippen molar-refractivity contribution in [2.45, 2.75) is 20.3 Å². The zero-order valence-electron chi connectivity index (χ0n) is 11.1. The molecule has 1 N–H and O–H groups in total. The SMILES string of the molecule is CCc1nc(-c2ccc(OC)c(C)c2)c(C(=O)O)s1. The summed E-state index contributed by atoms with van der Waals surface area (Å²) < 4.78 is 5.21. The van der Waals surface area contributed by atoms with E-state index in [9.17, 15) is 9.90 Å². The largest absolute Gasteiger partial charge is 0.496 e. The number of ether oxygens (including phenoxy) is 1. The van der Waals surface area contributed by atoms with Crippen LogP contribution in [0.4, 0.5) is 0 Å². The van der Waals surface area contributed by atoms with Gasteiger partial charge in [-0.3, -0.25) is 0 Å². The Labute approximate surface area is 115 Å². The number of benzene rings is 1. The zero-order chi connectivity index (χ0) is 14.0. The fraction of sp³-hybridized carbons (Fsp3) is 0.286. The van der Waals surface area contributed by atoms with E-state index in [1.54, 1.807) is 7.11 Å². The summed E-state index contributed by atoms with van der Waals surface area (Å²) in [5.74, 6) is -0.146. The molecule has 0 saturated carbocycles. The lowest BCUT2D eigenvalue weighted by Gasteiger charge is -2.06. The molecule has 0 unspecified atom stereocenters. The zero-order valence-corrected chi connectivity index (χ0v) is 11.9. The molecule has 0 bridgehead atoms.